The van der Waals surface area contributed by atoms with Crippen molar-refractivity contribution in [3.05, 3.63) is 0 Å². The maximum atomic E-state index is 14.5. The number of ketones is 1. The molecule has 51 heavy (non-hydrogen) atoms. The van der Waals surface area contributed by atoms with E-state index in [4.69, 9.17) is 0 Å². The van der Waals surface area contributed by atoms with E-state index in [2.05, 4.69) is 35.1 Å². The summed E-state index contributed by atoms with van der Waals surface area (Å²) in [6.07, 6.45) is 12.3. The van der Waals surface area contributed by atoms with Gasteiger partial charge in [-0.25, -0.2) is 13.2 Å². The second-order valence-electron chi connectivity index (χ2n) is 17.1. The molecule has 0 bridgehead atoms. The van der Waals surface area contributed by atoms with Crippen molar-refractivity contribution in [2.75, 3.05) is 32.4 Å². The van der Waals surface area contributed by atoms with Gasteiger partial charge in [0.25, 0.3) is 5.91 Å². The van der Waals surface area contributed by atoms with Gasteiger partial charge in [-0.1, -0.05) is 78.1 Å². The predicted octanol–water partition coefficient (Wildman–Crippen LogP) is 2.43. The summed E-state index contributed by atoms with van der Waals surface area (Å²) in [5.41, 5.74) is -1.10. The summed E-state index contributed by atoms with van der Waals surface area (Å²) in [5, 5.41) is 11.1. The summed E-state index contributed by atoms with van der Waals surface area (Å²) in [5.74, 6) is -2.03. The minimum atomic E-state index is -3.45. The van der Waals surface area contributed by atoms with Crippen LogP contribution in [0.3, 0.4) is 0 Å². The molecule has 4 N–H and O–H groups in total. The number of amides is 5. The van der Waals surface area contributed by atoms with Crippen LogP contribution >= 0.6 is 0 Å². The minimum Gasteiger partial charge on any atom is -0.347 e. The third kappa shape index (κ3) is 8.41. The molecular formula is C37H60N6O7S. The lowest BCUT2D eigenvalue weighted by Crippen LogP contribution is -2.67. The summed E-state index contributed by atoms with van der Waals surface area (Å²) in [6.45, 7) is 5.35. The van der Waals surface area contributed by atoms with E-state index in [1.54, 1.807) is 4.90 Å². The molecule has 13 nitrogen and oxygen atoms in total. The standard InChI is InChI=1S/C37H60N6O7S/c1-36(2)25-22-43-30(29(25)36)32(45)39-26(31(44)33(46)38-24-16-17-24)14-10-7-5-4-6-8-11-15-27(34(43)47)40-35(48)41-37(18-12-9-13-19-37)28-23-42(3)20-21-51(28,49)50/h24-30H,4-23H2,1-3H3,(H,38,46)(H,39,45)(H2,40,41,48)/t25-,26+,27+,28-,29-,30-/m0/s1. The molecule has 5 amide bonds. The Morgan fingerprint density at radius 1 is 0.824 bits per heavy atom. The van der Waals surface area contributed by atoms with Crippen molar-refractivity contribution in [1.82, 2.24) is 31.1 Å². The lowest BCUT2D eigenvalue weighted by atomic mass is 9.78. The maximum absolute atomic E-state index is 14.5. The van der Waals surface area contributed by atoms with Gasteiger partial charge in [0.1, 0.15) is 12.1 Å². The van der Waals surface area contributed by atoms with Crippen LogP contribution in [0.5, 0.6) is 0 Å². The highest BCUT2D eigenvalue weighted by atomic mass is 32.2. The average molecular weight is 733 g/mol. The van der Waals surface area contributed by atoms with Crippen molar-refractivity contribution >= 4 is 39.4 Å². The first-order valence-corrected chi connectivity index (χ1v) is 21.4. The number of carbonyl (C=O) groups excluding carboxylic acids is 5. The minimum absolute atomic E-state index is 0.0161. The lowest BCUT2D eigenvalue weighted by Gasteiger charge is -2.46. The van der Waals surface area contributed by atoms with E-state index in [1.165, 1.54) is 0 Å². The van der Waals surface area contributed by atoms with Crippen LogP contribution in [0, 0.1) is 17.3 Å². The van der Waals surface area contributed by atoms with Gasteiger partial charge in [-0.15, -0.1) is 0 Å². The molecule has 286 valence electrons. The van der Waals surface area contributed by atoms with E-state index in [9.17, 15) is 32.4 Å². The largest absolute Gasteiger partial charge is 0.347 e. The van der Waals surface area contributed by atoms with Gasteiger partial charge in [0.15, 0.2) is 9.84 Å². The molecule has 3 saturated heterocycles. The van der Waals surface area contributed by atoms with E-state index in [0.29, 0.717) is 51.7 Å². The predicted molar refractivity (Wildman–Crippen MR) is 192 cm³/mol. The molecule has 0 radical (unpaired) electrons. The molecule has 0 aromatic heterocycles. The Labute approximate surface area is 303 Å². The Morgan fingerprint density at radius 2 is 1.45 bits per heavy atom. The fourth-order valence-corrected chi connectivity index (χ4v) is 11.9. The number of nitrogens with zero attached hydrogens (tertiary/aromatic N) is 2. The molecule has 6 rings (SSSR count). The number of Topliss-reactive ketones (excluding diaryl/α,β-unsaturated/α-hetero) is 1. The van der Waals surface area contributed by atoms with Crippen LogP contribution in [0.25, 0.3) is 0 Å². The van der Waals surface area contributed by atoms with Gasteiger partial charge in [-0.3, -0.25) is 19.2 Å². The fraction of sp³-hybridized carbons (Fsp3) is 0.865. The Hall–Kier alpha value is -2.74. The number of rotatable bonds is 6. The third-order valence-corrected chi connectivity index (χ3v) is 15.2. The number of piperidine rings is 1. The van der Waals surface area contributed by atoms with Crippen LogP contribution in [-0.4, -0.2) is 115 Å². The Kier molecular flexibility index (Phi) is 11.4. The summed E-state index contributed by atoms with van der Waals surface area (Å²) < 4.78 is 26.8. The molecule has 0 spiro atoms. The van der Waals surface area contributed by atoms with E-state index < -0.39 is 62.4 Å². The van der Waals surface area contributed by atoms with Crippen LogP contribution in [0.15, 0.2) is 0 Å². The summed E-state index contributed by atoms with van der Waals surface area (Å²) >= 11 is 0. The van der Waals surface area contributed by atoms with Crippen molar-refractivity contribution in [3.63, 3.8) is 0 Å². The Balaban J connectivity index is 1.22. The van der Waals surface area contributed by atoms with E-state index in [0.717, 1.165) is 70.6 Å². The lowest BCUT2D eigenvalue weighted by molar-refractivity contribution is -0.144. The maximum Gasteiger partial charge on any atom is 0.315 e. The molecule has 14 heteroatoms. The van der Waals surface area contributed by atoms with Gasteiger partial charge in [0, 0.05) is 25.7 Å². The van der Waals surface area contributed by atoms with Crippen molar-refractivity contribution < 1.29 is 32.4 Å². The fourth-order valence-electron chi connectivity index (χ4n) is 9.58. The average Bonchev–Trinajstić information content (AvgIpc) is 3.94. The van der Waals surface area contributed by atoms with Crippen molar-refractivity contribution in [3.8, 4) is 0 Å². The molecule has 0 unspecified atom stereocenters. The summed E-state index contributed by atoms with van der Waals surface area (Å²) in [7, 11) is -1.54. The van der Waals surface area contributed by atoms with Crippen LogP contribution in [0.4, 0.5) is 4.79 Å². The smallest absolute Gasteiger partial charge is 0.315 e. The number of urea groups is 1. The zero-order valence-electron chi connectivity index (χ0n) is 30.8. The first-order valence-electron chi connectivity index (χ1n) is 19.7. The number of nitrogens with one attached hydrogen (secondary N) is 4. The zero-order chi connectivity index (χ0) is 36.6. The van der Waals surface area contributed by atoms with Gasteiger partial charge < -0.3 is 31.1 Å². The second kappa shape index (κ2) is 15.3. The molecule has 3 saturated carbocycles. The summed E-state index contributed by atoms with van der Waals surface area (Å²) in [6, 6.07) is -3.23. The molecule has 0 aromatic rings. The van der Waals surface area contributed by atoms with E-state index in [1.807, 2.05) is 11.9 Å². The quantitative estimate of drug-likeness (QED) is 0.302. The number of fused-ring (bicyclic) bond motifs is 3. The van der Waals surface area contributed by atoms with Crippen LogP contribution in [-0.2, 0) is 29.0 Å². The van der Waals surface area contributed by atoms with Crippen molar-refractivity contribution in [2.24, 2.45) is 17.3 Å². The molecule has 3 aliphatic heterocycles. The number of carbonyl (C=O) groups is 5. The molecular weight excluding hydrogens is 673 g/mol. The van der Waals surface area contributed by atoms with Crippen molar-refractivity contribution in [2.45, 2.75) is 152 Å². The van der Waals surface area contributed by atoms with Gasteiger partial charge in [-0.05, 0) is 62.8 Å². The molecule has 3 aliphatic carbocycles. The van der Waals surface area contributed by atoms with Crippen LogP contribution < -0.4 is 21.3 Å². The van der Waals surface area contributed by atoms with Crippen molar-refractivity contribution in [1.29, 1.82) is 0 Å². The number of sulfone groups is 1. The Bertz CT molecular complexity index is 1460. The Morgan fingerprint density at radius 3 is 2.12 bits per heavy atom. The number of hydrogen-bond donors (Lipinski definition) is 4. The topological polar surface area (TPSA) is 174 Å². The SMILES string of the molecule is CN1CCS(=O)(=O)[C@H](C2(NC(=O)N[C@@H]3CCCCCCCCC[C@H](C(=O)C(=O)NC4CC4)NC(=O)[C@@H]4[C@@H]5[C@H](CN4C3=O)C5(C)C)CCCCC2)C1. The van der Waals surface area contributed by atoms with E-state index in [-0.39, 0.29) is 35.0 Å². The highest BCUT2D eigenvalue weighted by Gasteiger charge is 2.69. The van der Waals surface area contributed by atoms with Gasteiger partial charge in [0.2, 0.25) is 17.6 Å². The molecule has 3 heterocycles. The zero-order valence-corrected chi connectivity index (χ0v) is 31.7. The van der Waals surface area contributed by atoms with Crippen LogP contribution in [0.2, 0.25) is 0 Å². The normalized spacial score (nSPS) is 34.3. The molecule has 0 aromatic carbocycles. The highest BCUT2D eigenvalue weighted by molar-refractivity contribution is 7.92. The molecule has 6 atom stereocenters. The monoisotopic (exact) mass is 732 g/mol. The van der Waals surface area contributed by atoms with Gasteiger partial charge >= 0.3 is 6.03 Å². The van der Waals surface area contributed by atoms with Crippen LogP contribution in [0.1, 0.15) is 117 Å². The first kappa shape index (κ1) is 38.0. The highest BCUT2D eigenvalue weighted by Crippen LogP contribution is 2.65. The first-order chi connectivity index (χ1) is 24.2. The molecule has 6 fully saturated rings. The summed E-state index contributed by atoms with van der Waals surface area (Å²) in [4.78, 5) is 72.4. The van der Waals surface area contributed by atoms with E-state index >= 15 is 0 Å². The number of hydrogen-bond acceptors (Lipinski definition) is 8. The second-order valence-corrected chi connectivity index (χ2v) is 19.4. The van der Waals surface area contributed by atoms with Gasteiger partial charge in [-0.2, -0.15) is 0 Å². The third-order valence-electron chi connectivity index (χ3n) is 13.0. The van der Waals surface area contributed by atoms with Gasteiger partial charge in [0.05, 0.1) is 22.6 Å². The molecule has 6 aliphatic rings.